The number of rotatable bonds is 9. The molecular weight excluding hydrogens is 414 g/mol. The Kier molecular flexibility index (Phi) is 7.37. The van der Waals surface area contributed by atoms with Crippen LogP contribution < -0.4 is 34.7 Å². The van der Waals surface area contributed by atoms with Gasteiger partial charge in [-0.2, -0.15) is 0 Å². The Hall–Kier alpha value is -3.60. The second kappa shape index (κ2) is 9.74. The average Bonchev–Trinajstić information content (AvgIpc) is 2.71. The first-order valence-electron chi connectivity index (χ1n) is 8.48. The van der Waals surface area contributed by atoms with Gasteiger partial charge < -0.3 is 30.0 Å². The van der Waals surface area contributed by atoms with E-state index in [-0.39, 0.29) is 11.4 Å². The molecule has 2 rings (SSSR count). The number of amides is 2. The Morgan fingerprint density at radius 2 is 1.53 bits per heavy atom. The Morgan fingerprint density at radius 1 is 0.933 bits per heavy atom. The maximum absolute atomic E-state index is 12.5. The molecule has 0 fully saturated rings. The number of methoxy groups -OCH3 is 4. The van der Waals surface area contributed by atoms with Gasteiger partial charge in [0, 0.05) is 12.1 Å². The van der Waals surface area contributed by atoms with Gasteiger partial charge in [-0.3, -0.25) is 4.72 Å². The summed E-state index contributed by atoms with van der Waals surface area (Å²) in [4.78, 5) is 11.1. The fourth-order valence-electron chi connectivity index (χ4n) is 2.55. The minimum absolute atomic E-state index is 0.192. The van der Waals surface area contributed by atoms with E-state index >= 15 is 0 Å². The lowest BCUT2D eigenvalue weighted by Gasteiger charge is -2.13. The number of urea groups is 1. The number of benzene rings is 2. The molecule has 0 unspecified atom stereocenters. The topological polar surface area (TPSA) is 138 Å². The zero-order valence-corrected chi connectivity index (χ0v) is 17.7. The van der Waals surface area contributed by atoms with Crippen molar-refractivity contribution in [2.75, 3.05) is 38.5 Å². The van der Waals surface area contributed by atoms with Crippen LogP contribution in [0.5, 0.6) is 23.0 Å². The molecule has 0 atom stereocenters. The highest BCUT2D eigenvalue weighted by Gasteiger charge is 2.14. The third-order valence-corrected chi connectivity index (χ3v) is 4.90. The highest BCUT2D eigenvalue weighted by Crippen LogP contribution is 2.35. The van der Waals surface area contributed by atoms with E-state index < -0.39 is 16.1 Å². The van der Waals surface area contributed by atoms with Crippen LogP contribution in [0.15, 0.2) is 35.7 Å². The Labute approximate surface area is 174 Å². The van der Waals surface area contributed by atoms with Gasteiger partial charge in [0.25, 0.3) is 10.0 Å². The van der Waals surface area contributed by atoms with Crippen LogP contribution in [0.4, 0.5) is 16.2 Å². The van der Waals surface area contributed by atoms with Gasteiger partial charge in [-0.15, -0.1) is 0 Å². The molecule has 10 nitrogen and oxygen atoms in total. The molecule has 0 bridgehead atoms. The molecule has 0 aliphatic carbocycles. The molecule has 0 aliphatic heterocycles. The summed E-state index contributed by atoms with van der Waals surface area (Å²) in [7, 11) is 1.87. The van der Waals surface area contributed by atoms with Crippen LogP contribution in [0, 0.1) is 0 Å². The van der Waals surface area contributed by atoms with Crippen LogP contribution in [-0.4, -0.2) is 42.9 Å². The van der Waals surface area contributed by atoms with Gasteiger partial charge >= 0.3 is 6.03 Å². The molecule has 0 saturated carbocycles. The molecule has 162 valence electrons. The smallest absolute Gasteiger partial charge is 0.316 e. The summed E-state index contributed by atoms with van der Waals surface area (Å²) in [5.41, 5.74) is 5.95. The quantitative estimate of drug-likeness (QED) is 0.548. The van der Waals surface area contributed by atoms with E-state index in [0.717, 1.165) is 5.41 Å². The molecule has 0 spiro atoms. The predicted molar refractivity (Wildman–Crippen MR) is 114 cm³/mol. The van der Waals surface area contributed by atoms with E-state index in [1.807, 2.05) is 0 Å². The van der Waals surface area contributed by atoms with E-state index in [1.54, 1.807) is 12.1 Å². The first-order chi connectivity index (χ1) is 14.2. The van der Waals surface area contributed by atoms with Crippen LogP contribution in [-0.2, 0) is 10.0 Å². The van der Waals surface area contributed by atoms with Crippen LogP contribution >= 0.6 is 0 Å². The van der Waals surface area contributed by atoms with Crippen LogP contribution in [0.1, 0.15) is 5.56 Å². The van der Waals surface area contributed by atoms with Crippen molar-refractivity contribution in [1.82, 2.24) is 0 Å². The SMILES string of the molecule is COc1cc(OC)c(C=CS(=O)(=O)Nc2ccc(OC)c(NC(N)=O)c2)c(OC)c1. The largest absolute Gasteiger partial charge is 0.496 e. The maximum Gasteiger partial charge on any atom is 0.316 e. The fraction of sp³-hybridized carbons (Fsp3) is 0.211. The first-order valence-corrected chi connectivity index (χ1v) is 10.0. The van der Waals surface area contributed by atoms with Crippen LogP contribution in [0.3, 0.4) is 0 Å². The van der Waals surface area contributed by atoms with Gasteiger partial charge in [0.05, 0.1) is 50.8 Å². The number of primary amides is 1. The second-order valence-corrected chi connectivity index (χ2v) is 7.37. The summed E-state index contributed by atoms with van der Waals surface area (Å²) in [6.07, 6.45) is 1.34. The van der Waals surface area contributed by atoms with Crippen molar-refractivity contribution in [3.05, 3.63) is 41.3 Å². The number of ether oxygens (including phenoxy) is 4. The van der Waals surface area contributed by atoms with Gasteiger partial charge in [0.2, 0.25) is 0 Å². The van der Waals surface area contributed by atoms with Crippen molar-refractivity contribution in [1.29, 1.82) is 0 Å². The van der Waals surface area contributed by atoms with Gasteiger partial charge in [-0.25, -0.2) is 13.2 Å². The van der Waals surface area contributed by atoms with E-state index in [1.165, 1.54) is 52.7 Å². The van der Waals surface area contributed by atoms with Crippen molar-refractivity contribution < 1.29 is 32.2 Å². The van der Waals surface area contributed by atoms with Crippen molar-refractivity contribution in [2.45, 2.75) is 0 Å². The average molecular weight is 437 g/mol. The second-order valence-electron chi connectivity index (χ2n) is 5.80. The van der Waals surface area contributed by atoms with Crippen molar-refractivity contribution >= 4 is 33.5 Å². The molecule has 0 aliphatic rings. The van der Waals surface area contributed by atoms with E-state index in [0.29, 0.717) is 28.6 Å². The molecule has 0 radical (unpaired) electrons. The summed E-state index contributed by atoms with van der Waals surface area (Å²) in [5.74, 6) is 1.56. The number of anilines is 2. The number of carbonyl (C=O) groups is 1. The monoisotopic (exact) mass is 437 g/mol. The zero-order chi connectivity index (χ0) is 22.3. The number of nitrogens with two attached hydrogens (primary N) is 1. The molecule has 4 N–H and O–H groups in total. The molecule has 0 aromatic heterocycles. The minimum Gasteiger partial charge on any atom is -0.496 e. The van der Waals surface area contributed by atoms with Crippen molar-refractivity contribution in [3.63, 3.8) is 0 Å². The molecule has 2 aromatic carbocycles. The summed E-state index contributed by atoms with van der Waals surface area (Å²) in [5, 5.41) is 3.33. The first kappa shape index (κ1) is 22.7. The fourth-order valence-corrected chi connectivity index (χ4v) is 3.39. The lowest BCUT2D eigenvalue weighted by atomic mass is 10.1. The number of hydrogen-bond donors (Lipinski definition) is 3. The van der Waals surface area contributed by atoms with Crippen LogP contribution in [0.2, 0.25) is 0 Å². The van der Waals surface area contributed by atoms with Crippen LogP contribution in [0.25, 0.3) is 6.08 Å². The van der Waals surface area contributed by atoms with Gasteiger partial charge in [-0.1, -0.05) is 0 Å². The third kappa shape index (κ3) is 5.70. The Bertz CT molecular complexity index is 1030. The minimum atomic E-state index is -3.92. The Balaban J connectivity index is 2.34. The molecule has 11 heteroatoms. The third-order valence-electron chi connectivity index (χ3n) is 3.88. The molecule has 30 heavy (non-hydrogen) atoms. The van der Waals surface area contributed by atoms with Gasteiger partial charge in [0.15, 0.2) is 0 Å². The Morgan fingerprint density at radius 3 is 2.03 bits per heavy atom. The predicted octanol–water partition coefficient (Wildman–Crippen LogP) is 2.62. The zero-order valence-electron chi connectivity index (χ0n) is 16.9. The van der Waals surface area contributed by atoms with Gasteiger partial charge in [0.1, 0.15) is 23.0 Å². The number of hydrogen-bond acceptors (Lipinski definition) is 7. The van der Waals surface area contributed by atoms with Gasteiger partial charge in [-0.05, 0) is 24.3 Å². The van der Waals surface area contributed by atoms with Crippen molar-refractivity contribution in [2.24, 2.45) is 5.73 Å². The lowest BCUT2D eigenvalue weighted by molar-refractivity contribution is 0.259. The molecular formula is C19H23N3O7S. The highest BCUT2D eigenvalue weighted by molar-refractivity contribution is 7.95. The molecule has 0 saturated heterocycles. The summed E-state index contributed by atoms with van der Waals surface area (Å²) < 4.78 is 48.3. The van der Waals surface area contributed by atoms with E-state index in [4.69, 9.17) is 24.7 Å². The highest BCUT2D eigenvalue weighted by atomic mass is 32.2. The number of sulfonamides is 1. The molecule has 2 aromatic rings. The van der Waals surface area contributed by atoms with E-state index in [9.17, 15) is 13.2 Å². The van der Waals surface area contributed by atoms with Crippen molar-refractivity contribution in [3.8, 4) is 23.0 Å². The lowest BCUT2D eigenvalue weighted by Crippen LogP contribution is -2.20. The maximum atomic E-state index is 12.5. The summed E-state index contributed by atoms with van der Waals surface area (Å²) in [6.45, 7) is 0. The summed E-state index contributed by atoms with van der Waals surface area (Å²) >= 11 is 0. The van der Waals surface area contributed by atoms with E-state index in [2.05, 4.69) is 10.0 Å². The number of nitrogens with one attached hydrogen (secondary N) is 2. The normalized spacial score (nSPS) is 11.1. The molecule has 2 amide bonds. The number of carbonyl (C=O) groups excluding carboxylic acids is 1. The summed E-state index contributed by atoms with van der Waals surface area (Å²) in [6, 6.07) is 6.74. The molecule has 0 heterocycles. The standard InChI is InChI=1S/C19H23N3O7S/c1-26-13-10-17(28-3)14(18(11-13)29-4)7-8-30(24,25)22-12-5-6-16(27-2)15(9-12)21-19(20)23/h5-11,22H,1-4H3,(H3,20,21,23).